The third kappa shape index (κ3) is 2.63. The molecule has 6 nitrogen and oxygen atoms in total. The molecule has 0 radical (unpaired) electrons. The van der Waals surface area contributed by atoms with Crippen molar-refractivity contribution in [1.82, 2.24) is 15.2 Å². The first-order valence-electron chi connectivity index (χ1n) is 7.03. The Balaban J connectivity index is 2.02. The molecule has 22 heavy (non-hydrogen) atoms. The number of benzene rings is 1. The molecule has 2 N–H and O–H groups in total. The summed E-state index contributed by atoms with van der Waals surface area (Å²) in [5, 5.41) is 11.0. The van der Waals surface area contributed by atoms with Gasteiger partial charge in [-0.3, -0.25) is 5.10 Å². The monoisotopic (exact) mass is 296 g/mol. The summed E-state index contributed by atoms with van der Waals surface area (Å²) in [5.74, 6) is -0.347. The van der Waals surface area contributed by atoms with Crippen molar-refractivity contribution >= 4 is 28.4 Å². The number of aryl methyl sites for hydroxylation is 1. The van der Waals surface area contributed by atoms with Crippen LogP contribution in [0.4, 0.5) is 11.4 Å². The molecule has 0 unspecified atom stereocenters. The second-order valence-electron chi connectivity index (χ2n) is 4.83. The van der Waals surface area contributed by atoms with Gasteiger partial charge in [0, 0.05) is 5.69 Å². The molecule has 0 aliphatic rings. The predicted octanol–water partition coefficient (Wildman–Crippen LogP) is 3.19. The highest BCUT2D eigenvalue weighted by Crippen LogP contribution is 2.27. The Hall–Kier alpha value is -2.89. The van der Waals surface area contributed by atoms with E-state index in [1.54, 1.807) is 19.2 Å². The van der Waals surface area contributed by atoms with Crippen molar-refractivity contribution in [2.45, 2.75) is 13.8 Å². The molecule has 0 saturated heterocycles. The number of para-hydroxylation sites is 1. The maximum Gasteiger partial charge on any atom is 0.340 e. The molecule has 6 heteroatoms. The highest BCUT2D eigenvalue weighted by Gasteiger charge is 2.13. The van der Waals surface area contributed by atoms with Gasteiger partial charge in [0.2, 0.25) is 0 Å². The zero-order chi connectivity index (χ0) is 15.5. The van der Waals surface area contributed by atoms with E-state index in [1.165, 1.54) is 0 Å². The minimum Gasteiger partial charge on any atom is -0.462 e. The summed E-state index contributed by atoms with van der Waals surface area (Å²) in [4.78, 5) is 16.4. The number of esters is 1. The Labute approximate surface area is 127 Å². The molecule has 112 valence electrons. The summed E-state index contributed by atoms with van der Waals surface area (Å²) in [6.07, 6.45) is 1.71. The molecule has 0 amide bonds. The number of nitrogens with zero attached hydrogens (tertiary/aromatic N) is 2. The number of H-pyrrole nitrogens is 1. The van der Waals surface area contributed by atoms with Crippen molar-refractivity contribution in [3.8, 4) is 0 Å². The Morgan fingerprint density at radius 3 is 2.95 bits per heavy atom. The molecule has 0 bridgehead atoms. The molecular weight excluding hydrogens is 280 g/mol. The molecule has 0 atom stereocenters. The van der Waals surface area contributed by atoms with E-state index in [4.69, 9.17) is 4.74 Å². The predicted molar refractivity (Wildman–Crippen MR) is 84.3 cm³/mol. The number of hydrogen-bond acceptors (Lipinski definition) is 5. The summed E-state index contributed by atoms with van der Waals surface area (Å²) in [6.45, 7) is 4.03. The highest BCUT2D eigenvalue weighted by atomic mass is 16.5. The molecule has 2 aromatic heterocycles. The van der Waals surface area contributed by atoms with Gasteiger partial charge in [-0.25, -0.2) is 9.78 Å². The molecule has 0 aliphatic carbocycles. The zero-order valence-corrected chi connectivity index (χ0v) is 12.4. The number of carbonyl (C=O) groups excluding carboxylic acids is 1. The smallest absolute Gasteiger partial charge is 0.340 e. The van der Waals surface area contributed by atoms with E-state index in [0.29, 0.717) is 23.5 Å². The van der Waals surface area contributed by atoms with E-state index in [9.17, 15) is 4.79 Å². The maximum absolute atomic E-state index is 12.0. The highest BCUT2D eigenvalue weighted by molar-refractivity contribution is 5.98. The lowest BCUT2D eigenvalue weighted by molar-refractivity contribution is 0.0527. The van der Waals surface area contributed by atoms with Crippen LogP contribution in [0.2, 0.25) is 0 Å². The van der Waals surface area contributed by atoms with Crippen molar-refractivity contribution < 1.29 is 9.53 Å². The Morgan fingerprint density at radius 2 is 2.14 bits per heavy atom. The van der Waals surface area contributed by atoms with Crippen molar-refractivity contribution in [3.05, 3.63) is 47.8 Å². The number of ether oxygens (including phenoxy) is 1. The van der Waals surface area contributed by atoms with Crippen molar-refractivity contribution in [2.24, 2.45) is 0 Å². The topological polar surface area (TPSA) is 79.9 Å². The van der Waals surface area contributed by atoms with Gasteiger partial charge in [-0.05, 0) is 32.0 Å². The van der Waals surface area contributed by atoms with Crippen LogP contribution >= 0.6 is 0 Å². The summed E-state index contributed by atoms with van der Waals surface area (Å²) >= 11 is 0. The molecule has 0 fully saturated rings. The van der Waals surface area contributed by atoms with Crippen LogP contribution in [0.15, 0.2) is 36.5 Å². The van der Waals surface area contributed by atoms with Crippen LogP contribution < -0.4 is 5.32 Å². The third-order valence-corrected chi connectivity index (χ3v) is 3.24. The number of pyridine rings is 1. The van der Waals surface area contributed by atoms with Gasteiger partial charge in [0.1, 0.15) is 0 Å². The van der Waals surface area contributed by atoms with Gasteiger partial charge < -0.3 is 10.1 Å². The van der Waals surface area contributed by atoms with E-state index in [2.05, 4.69) is 20.5 Å². The van der Waals surface area contributed by atoms with E-state index in [0.717, 1.165) is 16.8 Å². The van der Waals surface area contributed by atoms with Gasteiger partial charge in [-0.1, -0.05) is 12.1 Å². The van der Waals surface area contributed by atoms with Gasteiger partial charge in [-0.2, -0.15) is 5.10 Å². The van der Waals surface area contributed by atoms with Crippen LogP contribution in [0.3, 0.4) is 0 Å². The number of carbonyl (C=O) groups is 1. The fourth-order valence-electron chi connectivity index (χ4n) is 2.28. The first-order valence-corrected chi connectivity index (χ1v) is 7.03. The SMILES string of the molecule is CCOC(=O)c1ccccc1Nc1cc(C)nc2[nH]ncc12. The summed E-state index contributed by atoms with van der Waals surface area (Å²) in [6, 6.07) is 9.17. The average molecular weight is 296 g/mol. The quantitative estimate of drug-likeness (QED) is 0.723. The maximum atomic E-state index is 12.0. The van der Waals surface area contributed by atoms with Gasteiger partial charge in [0.05, 0.1) is 35.1 Å². The van der Waals surface area contributed by atoms with Crippen LogP contribution in [0.25, 0.3) is 11.0 Å². The lowest BCUT2D eigenvalue weighted by atomic mass is 10.1. The largest absolute Gasteiger partial charge is 0.462 e. The van der Waals surface area contributed by atoms with Crippen LogP contribution in [0.5, 0.6) is 0 Å². The summed E-state index contributed by atoms with van der Waals surface area (Å²) in [7, 11) is 0. The number of fused-ring (bicyclic) bond motifs is 1. The number of aromatic amines is 1. The summed E-state index contributed by atoms with van der Waals surface area (Å²) < 4.78 is 5.09. The molecule has 1 aromatic carbocycles. The molecular formula is C16H16N4O2. The molecule has 3 aromatic rings. The lowest BCUT2D eigenvalue weighted by Crippen LogP contribution is -2.08. The normalized spacial score (nSPS) is 10.6. The van der Waals surface area contributed by atoms with Crippen molar-refractivity contribution in [1.29, 1.82) is 0 Å². The molecule has 0 spiro atoms. The van der Waals surface area contributed by atoms with Crippen LogP contribution in [-0.2, 0) is 4.74 Å². The van der Waals surface area contributed by atoms with Gasteiger partial charge in [0.25, 0.3) is 0 Å². The Morgan fingerprint density at radius 1 is 1.32 bits per heavy atom. The number of rotatable bonds is 4. The fourth-order valence-corrected chi connectivity index (χ4v) is 2.28. The van der Waals surface area contributed by atoms with Gasteiger partial charge in [0.15, 0.2) is 5.65 Å². The Kier molecular flexibility index (Phi) is 3.74. The molecule has 0 aliphatic heterocycles. The minimum atomic E-state index is -0.347. The van der Waals surface area contributed by atoms with E-state index >= 15 is 0 Å². The third-order valence-electron chi connectivity index (χ3n) is 3.24. The number of aromatic nitrogens is 3. The lowest BCUT2D eigenvalue weighted by Gasteiger charge is -2.12. The van der Waals surface area contributed by atoms with Crippen LogP contribution in [-0.4, -0.2) is 27.8 Å². The second kappa shape index (κ2) is 5.85. The van der Waals surface area contributed by atoms with Crippen molar-refractivity contribution in [2.75, 3.05) is 11.9 Å². The molecule has 0 saturated carbocycles. The molecule has 3 rings (SSSR count). The molecule has 2 heterocycles. The summed E-state index contributed by atoms with van der Waals surface area (Å²) in [5.41, 5.74) is 3.58. The minimum absolute atomic E-state index is 0.341. The Bertz CT molecular complexity index is 826. The average Bonchev–Trinajstić information content (AvgIpc) is 2.96. The number of hydrogen-bond donors (Lipinski definition) is 2. The first kappa shape index (κ1) is 14.1. The van der Waals surface area contributed by atoms with Crippen LogP contribution in [0.1, 0.15) is 23.0 Å². The second-order valence-corrected chi connectivity index (χ2v) is 4.83. The van der Waals surface area contributed by atoms with Gasteiger partial charge in [-0.15, -0.1) is 0 Å². The fraction of sp³-hybridized carbons (Fsp3) is 0.188. The van der Waals surface area contributed by atoms with Crippen LogP contribution in [0, 0.1) is 6.92 Å². The van der Waals surface area contributed by atoms with Gasteiger partial charge >= 0.3 is 5.97 Å². The zero-order valence-electron chi connectivity index (χ0n) is 12.4. The van der Waals surface area contributed by atoms with E-state index in [1.807, 2.05) is 31.2 Å². The van der Waals surface area contributed by atoms with E-state index < -0.39 is 0 Å². The number of nitrogens with one attached hydrogen (secondary N) is 2. The van der Waals surface area contributed by atoms with Crippen molar-refractivity contribution in [3.63, 3.8) is 0 Å². The first-order chi connectivity index (χ1) is 10.7. The standard InChI is InChI=1S/C16H16N4O2/c1-3-22-16(21)11-6-4-5-7-13(11)19-14-8-10(2)18-15-12(14)9-17-20-15/h4-9H,3H2,1-2H3,(H2,17,18,19,20). The number of anilines is 2. The van der Waals surface area contributed by atoms with E-state index in [-0.39, 0.29) is 5.97 Å².